The summed E-state index contributed by atoms with van der Waals surface area (Å²) in [6, 6.07) is 2.79. The summed E-state index contributed by atoms with van der Waals surface area (Å²) < 4.78 is 0. The van der Waals surface area contributed by atoms with Crippen LogP contribution in [-0.4, -0.2) is 18.1 Å². The lowest BCUT2D eigenvalue weighted by atomic mass is 10.1. The number of pyridine rings is 1. The van der Waals surface area contributed by atoms with Crippen LogP contribution in [0, 0.1) is 13.8 Å². The molecule has 82 valence electrons. The van der Waals surface area contributed by atoms with Crippen LogP contribution >= 0.6 is 0 Å². The number of hydrogen-bond acceptors (Lipinski definition) is 3. The van der Waals surface area contributed by atoms with Crippen LogP contribution in [0.3, 0.4) is 0 Å². The maximum atomic E-state index is 5.79. The van der Waals surface area contributed by atoms with Gasteiger partial charge in [0.15, 0.2) is 0 Å². The molecular weight excluding hydrogens is 186 g/mol. The number of aromatic nitrogens is 1. The van der Waals surface area contributed by atoms with E-state index < -0.39 is 0 Å². The minimum atomic E-state index is 0.575. The van der Waals surface area contributed by atoms with Crippen LogP contribution in [0.4, 0.5) is 5.82 Å². The zero-order chi connectivity index (χ0) is 11.0. The first-order valence-corrected chi connectivity index (χ1v) is 5.53. The predicted octanol–water partition coefficient (Wildman–Crippen LogP) is 1.76. The summed E-state index contributed by atoms with van der Waals surface area (Å²) in [5.74, 6) is 1.08. The van der Waals surface area contributed by atoms with Crippen LogP contribution in [0.2, 0.25) is 0 Å². The summed E-state index contributed by atoms with van der Waals surface area (Å²) in [7, 11) is 2.12. The van der Waals surface area contributed by atoms with Gasteiger partial charge in [0, 0.05) is 30.9 Å². The Morgan fingerprint density at radius 3 is 2.67 bits per heavy atom. The Hall–Kier alpha value is -1.09. The van der Waals surface area contributed by atoms with Crippen molar-refractivity contribution in [2.45, 2.75) is 39.3 Å². The van der Waals surface area contributed by atoms with Crippen LogP contribution < -0.4 is 10.6 Å². The summed E-state index contributed by atoms with van der Waals surface area (Å²) in [6.07, 6.45) is 2.57. The number of nitrogens with zero attached hydrogens (tertiary/aromatic N) is 2. The Morgan fingerprint density at radius 2 is 2.13 bits per heavy atom. The molecule has 1 heterocycles. The van der Waals surface area contributed by atoms with Gasteiger partial charge in [0.1, 0.15) is 5.82 Å². The number of aryl methyl sites for hydroxylation is 2. The van der Waals surface area contributed by atoms with E-state index in [4.69, 9.17) is 5.73 Å². The third-order valence-electron chi connectivity index (χ3n) is 3.09. The third-order valence-corrected chi connectivity index (χ3v) is 3.09. The Balaban J connectivity index is 2.42. The highest BCUT2D eigenvalue weighted by atomic mass is 15.2. The molecule has 0 aliphatic heterocycles. The van der Waals surface area contributed by atoms with E-state index in [9.17, 15) is 0 Å². The van der Waals surface area contributed by atoms with Crippen molar-refractivity contribution in [2.75, 3.05) is 11.9 Å². The summed E-state index contributed by atoms with van der Waals surface area (Å²) in [5, 5.41) is 0. The molecule has 0 amide bonds. The van der Waals surface area contributed by atoms with Crippen molar-refractivity contribution in [3.8, 4) is 0 Å². The molecule has 15 heavy (non-hydrogen) atoms. The van der Waals surface area contributed by atoms with Gasteiger partial charge in [-0.3, -0.25) is 0 Å². The largest absolute Gasteiger partial charge is 0.356 e. The highest BCUT2D eigenvalue weighted by Gasteiger charge is 2.28. The Labute approximate surface area is 91.3 Å². The molecule has 1 fully saturated rings. The monoisotopic (exact) mass is 205 g/mol. The highest BCUT2D eigenvalue weighted by Crippen LogP contribution is 2.32. The summed E-state index contributed by atoms with van der Waals surface area (Å²) in [6.45, 7) is 4.73. The average molecular weight is 205 g/mol. The number of anilines is 1. The summed E-state index contributed by atoms with van der Waals surface area (Å²) in [5.41, 5.74) is 9.32. The van der Waals surface area contributed by atoms with Crippen molar-refractivity contribution >= 4 is 5.82 Å². The molecule has 1 aromatic rings. The molecule has 3 heteroatoms. The van der Waals surface area contributed by atoms with E-state index in [1.165, 1.54) is 24.0 Å². The maximum Gasteiger partial charge on any atom is 0.133 e. The molecule has 1 aromatic heterocycles. The second-order valence-electron chi connectivity index (χ2n) is 4.43. The number of hydrogen-bond donors (Lipinski definition) is 1. The molecule has 0 unspecified atom stereocenters. The fraction of sp³-hybridized carbons (Fsp3) is 0.583. The van der Waals surface area contributed by atoms with Crippen LogP contribution in [-0.2, 0) is 6.54 Å². The van der Waals surface area contributed by atoms with Gasteiger partial charge < -0.3 is 10.6 Å². The van der Waals surface area contributed by atoms with Gasteiger partial charge in [0.25, 0.3) is 0 Å². The topological polar surface area (TPSA) is 42.1 Å². The first kappa shape index (κ1) is 10.4. The minimum Gasteiger partial charge on any atom is -0.356 e. The molecule has 1 aliphatic rings. The van der Waals surface area contributed by atoms with Crippen molar-refractivity contribution < 1.29 is 0 Å². The van der Waals surface area contributed by atoms with Gasteiger partial charge in [-0.2, -0.15) is 0 Å². The molecule has 1 saturated carbocycles. The minimum absolute atomic E-state index is 0.575. The molecule has 1 aliphatic carbocycles. The van der Waals surface area contributed by atoms with Gasteiger partial charge in [-0.15, -0.1) is 0 Å². The Morgan fingerprint density at radius 1 is 1.47 bits per heavy atom. The van der Waals surface area contributed by atoms with Crippen molar-refractivity contribution in [2.24, 2.45) is 5.73 Å². The van der Waals surface area contributed by atoms with Crippen LogP contribution in [0.5, 0.6) is 0 Å². The van der Waals surface area contributed by atoms with Crippen molar-refractivity contribution in [1.29, 1.82) is 0 Å². The normalized spacial score (nSPS) is 15.5. The molecule has 0 radical (unpaired) electrons. The molecule has 0 spiro atoms. The maximum absolute atomic E-state index is 5.79. The molecule has 0 saturated heterocycles. The van der Waals surface area contributed by atoms with Gasteiger partial charge >= 0.3 is 0 Å². The predicted molar refractivity (Wildman–Crippen MR) is 63.0 cm³/mol. The van der Waals surface area contributed by atoms with E-state index in [-0.39, 0.29) is 0 Å². The highest BCUT2D eigenvalue weighted by molar-refractivity contribution is 5.52. The summed E-state index contributed by atoms with van der Waals surface area (Å²) in [4.78, 5) is 6.89. The molecule has 2 rings (SSSR count). The molecule has 0 bridgehead atoms. The van der Waals surface area contributed by atoms with E-state index in [1.54, 1.807) is 0 Å². The fourth-order valence-electron chi connectivity index (χ4n) is 2.02. The van der Waals surface area contributed by atoms with Crippen molar-refractivity contribution in [3.05, 3.63) is 22.9 Å². The van der Waals surface area contributed by atoms with Gasteiger partial charge in [-0.1, -0.05) is 0 Å². The lowest BCUT2D eigenvalue weighted by molar-refractivity contribution is 0.860. The second kappa shape index (κ2) is 3.81. The molecule has 2 N–H and O–H groups in total. The van der Waals surface area contributed by atoms with E-state index in [0.29, 0.717) is 12.6 Å². The van der Waals surface area contributed by atoms with Gasteiger partial charge in [-0.05, 0) is 38.3 Å². The molecule has 3 nitrogen and oxygen atoms in total. The van der Waals surface area contributed by atoms with E-state index >= 15 is 0 Å². The first-order valence-electron chi connectivity index (χ1n) is 5.53. The van der Waals surface area contributed by atoms with Crippen molar-refractivity contribution in [1.82, 2.24) is 4.98 Å². The fourth-order valence-corrected chi connectivity index (χ4v) is 2.02. The van der Waals surface area contributed by atoms with Crippen LogP contribution in [0.15, 0.2) is 6.07 Å². The number of rotatable bonds is 3. The Bertz CT molecular complexity index is 369. The van der Waals surface area contributed by atoms with E-state index in [1.807, 2.05) is 6.92 Å². The lowest BCUT2D eigenvalue weighted by Gasteiger charge is -2.22. The van der Waals surface area contributed by atoms with E-state index in [0.717, 1.165) is 11.5 Å². The van der Waals surface area contributed by atoms with Crippen LogP contribution in [0.25, 0.3) is 0 Å². The van der Waals surface area contributed by atoms with Crippen LogP contribution in [0.1, 0.15) is 29.7 Å². The number of nitrogens with two attached hydrogens (primary N) is 1. The molecule has 0 atom stereocenters. The van der Waals surface area contributed by atoms with E-state index in [2.05, 4.69) is 29.9 Å². The average Bonchev–Trinajstić information content (AvgIpc) is 2.98. The third kappa shape index (κ3) is 1.97. The first-order chi connectivity index (χ1) is 7.13. The Kier molecular flexibility index (Phi) is 2.65. The molecule has 0 aromatic carbocycles. The second-order valence-corrected chi connectivity index (χ2v) is 4.43. The van der Waals surface area contributed by atoms with Crippen molar-refractivity contribution in [3.63, 3.8) is 0 Å². The van der Waals surface area contributed by atoms with Gasteiger partial charge in [-0.25, -0.2) is 4.98 Å². The standard InChI is InChI=1S/C12H19N3/c1-8-6-9(2)14-12(11(8)7-13)15(3)10-4-5-10/h6,10H,4-5,7,13H2,1-3H3. The lowest BCUT2D eigenvalue weighted by Crippen LogP contribution is -2.23. The van der Waals surface area contributed by atoms with Gasteiger partial charge in [0.05, 0.1) is 0 Å². The SMILES string of the molecule is Cc1cc(C)c(CN)c(N(C)C2CC2)n1. The molecular formula is C12H19N3. The van der Waals surface area contributed by atoms with Gasteiger partial charge in [0.2, 0.25) is 0 Å². The summed E-state index contributed by atoms with van der Waals surface area (Å²) >= 11 is 0. The quantitative estimate of drug-likeness (QED) is 0.817. The zero-order valence-electron chi connectivity index (χ0n) is 9.75. The zero-order valence-corrected chi connectivity index (χ0v) is 9.75. The smallest absolute Gasteiger partial charge is 0.133 e.